The van der Waals surface area contributed by atoms with E-state index in [2.05, 4.69) is 21.4 Å². The van der Waals surface area contributed by atoms with Crippen LogP contribution in [0.2, 0.25) is 0 Å². The topological polar surface area (TPSA) is 181 Å². The van der Waals surface area contributed by atoms with Gasteiger partial charge in [0.25, 0.3) is 5.91 Å². The lowest BCUT2D eigenvalue weighted by atomic mass is 9.61. The van der Waals surface area contributed by atoms with E-state index in [0.717, 1.165) is 37.7 Å². The molecule has 0 unspecified atom stereocenters. The van der Waals surface area contributed by atoms with Gasteiger partial charge in [-0.2, -0.15) is 0 Å². The van der Waals surface area contributed by atoms with Crippen LogP contribution in [0.1, 0.15) is 109 Å². The molecule has 0 radical (unpaired) electrons. The zero-order valence-corrected chi connectivity index (χ0v) is 32.3. The Balaban J connectivity index is 1.14. The number of hydrogen-bond donors (Lipinski definition) is 3. The van der Waals surface area contributed by atoms with Gasteiger partial charge in [0.2, 0.25) is 21.8 Å². The number of amides is 5. The lowest BCUT2D eigenvalue weighted by Gasteiger charge is -2.49. The largest absolute Gasteiger partial charge is 0.444 e. The maximum absolute atomic E-state index is 14.4. The number of allylic oxidation sites excluding steroid dienone is 1. The Morgan fingerprint density at radius 3 is 2.46 bits per heavy atom. The van der Waals surface area contributed by atoms with E-state index < -0.39 is 80.4 Å². The molecule has 14 nitrogen and oxygen atoms in total. The van der Waals surface area contributed by atoms with Gasteiger partial charge in [0.05, 0.1) is 11.8 Å². The van der Waals surface area contributed by atoms with Crippen LogP contribution in [-0.2, 0) is 45.8 Å². The van der Waals surface area contributed by atoms with Crippen molar-refractivity contribution < 1.29 is 41.9 Å². The number of nitrogens with one attached hydrogen (secondary N) is 3. The van der Waals surface area contributed by atoms with Crippen LogP contribution in [0.15, 0.2) is 36.4 Å². The molecule has 3 aliphatic heterocycles. The highest BCUT2D eigenvalue weighted by molar-refractivity contribution is 7.91. The monoisotopic (exact) mass is 767 g/mol. The maximum Gasteiger partial charge on any atom is 0.410 e. The molecule has 3 saturated carbocycles. The number of benzene rings is 1. The number of sulfonamides is 1. The second-order valence-corrected chi connectivity index (χ2v) is 19.1. The van der Waals surface area contributed by atoms with Gasteiger partial charge in [-0.05, 0) is 83.3 Å². The summed E-state index contributed by atoms with van der Waals surface area (Å²) < 4.78 is 39.4. The molecule has 15 heteroatoms. The van der Waals surface area contributed by atoms with Crippen molar-refractivity contribution in [2.45, 2.75) is 144 Å². The summed E-state index contributed by atoms with van der Waals surface area (Å²) in [5, 5.41) is 4.94. The molecular weight excluding hydrogens is 715 g/mol. The van der Waals surface area contributed by atoms with E-state index in [1.165, 1.54) is 10.5 Å². The Morgan fingerprint density at radius 2 is 1.76 bits per heavy atom. The quantitative estimate of drug-likeness (QED) is 0.375. The third-order valence-electron chi connectivity index (χ3n) is 11.8. The number of carbonyl (C=O) groups excluding carboxylic acids is 5. The van der Waals surface area contributed by atoms with E-state index in [1.807, 2.05) is 30.4 Å². The summed E-state index contributed by atoms with van der Waals surface area (Å²) in [6, 6.07) is 5.96. The fraction of sp³-hybridized carbons (Fsp3) is 0.667. The van der Waals surface area contributed by atoms with Gasteiger partial charge in [-0.3, -0.25) is 19.1 Å². The minimum Gasteiger partial charge on any atom is -0.444 e. The molecule has 5 atom stereocenters. The molecule has 4 fully saturated rings. The van der Waals surface area contributed by atoms with E-state index >= 15 is 0 Å². The van der Waals surface area contributed by atoms with Crippen molar-refractivity contribution in [3.63, 3.8) is 0 Å². The molecule has 3 N–H and O–H groups in total. The standard InChI is InChI=1S/C39H53N5O9S/c1-37(2,3)53-35(48)40-30-15-8-6-4-5-7-13-26-21-39(26,34(47)42-54(50,51)28-16-17-28)41-32(45)31-20-27(23-44(31)33(30)46)52-36(49)43-22-25-12-9-10-14-29(25)38(24-43)18-11-19-38/h7,9-10,12-14,26-28,30-31H,4-6,8,11,15-24H2,1-3H3,(H,40,48)(H,41,45)(H,42,47)/t26-,27-,30+,31+,39-/m1/s1. The average Bonchev–Trinajstić information content (AvgIpc) is 4.01. The van der Waals surface area contributed by atoms with Gasteiger partial charge in [0, 0.05) is 30.8 Å². The van der Waals surface area contributed by atoms with Gasteiger partial charge in [-0.25, -0.2) is 18.0 Å². The molecule has 5 amide bonds. The Morgan fingerprint density at radius 1 is 1.00 bits per heavy atom. The summed E-state index contributed by atoms with van der Waals surface area (Å²) >= 11 is 0. The number of carbonyl (C=O) groups is 5. The van der Waals surface area contributed by atoms with Gasteiger partial charge in [0.1, 0.15) is 29.3 Å². The lowest BCUT2D eigenvalue weighted by Crippen LogP contribution is -2.58. The van der Waals surface area contributed by atoms with E-state index in [0.29, 0.717) is 45.2 Å². The molecule has 6 aliphatic rings. The third kappa shape index (κ3) is 7.97. The predicted octanol–water partition coefficient (Wildman–Crippen LogP) is 3.93. The highest BCUT2D eigenvalue weighted by atomic mass is 32.2. The van der Waals surface area contributed by atoms with E-state index in [1.54, 1.807) is 25.7 Å². The summed E-state index contributed by atoms with van der Waals surface area (Å²) in [7, 11) is -3.90. The van der Waals surface area contributed by atoms with Crippen LogP contribution in [0.25, 0.3) is 0 Å². The maximum atomic E-state index is 14.4. The van der Waals surface area contributed by atoms with Gasteiger partial charge in [-0.1, -0.05) is 55.7 Å². The van der Waals surface area contributed by atoms with E-state index in [-0.39, 0.29) is 24.8 Å². The van der Waals surface area contributed by atoms with Crippen molar-refractivity contribution in [2.75, 3.05) is 13.1 Å². The smallest absolute Gasteiger partial charge is 0.410 e. The van der Waals surface area contributed by atoms with Crippen LogP contribution < -0.4 is 15.4 Å². The molecule has 1 spiro atoms. The Hall–Kier alpha value is -4.14. The minimum atomic E-state index is -3.90. The van der Waals surface area contributed by atoms with Crippen LogP contribution >= 0.6 is 0 Å². The number of hydrogen-bond acceptors (Lipinski definition) is 9. The number of ether oxygens (including phenoxy) is 2. The molecule has 54 heavy (non-hydrogen) atoms. The fourth-order valence-electron chi connectivity index (χ4n) is 8.56. The summed E-state index contributed by atoms with van der Waals surface area (Å²) in [5.41, 5.74) is -0.107. The van der Waals surface area contributed by atoms with E-state index in [4.69, 9.17) is 9.47 Å². The number of fused-ring (bicyclic) bond motifs is 4. The molecule has 0 aromatic heterocycles. The molecule has 3 aliphatic carbocycles. The minimum absolute atomic E-state index is 0.0450. The molecule has 7 rings (SSSR count). The summed E-state index contributed by atoms with van der Waals surface area (Å²) in [6.07, 6.45) is 8.85. The zero-order valence-electron chi connectivity index (χ0n) is 31.4. The normalized spacial score (nSPS) is 29.6. The molecule has 1 saturated heterocycles. The van der Waals surface area contributed by atoms with Crippen molar-refractivity contribution in [3.05, 3.63) is 47.5 Å². The van der Waals surface area contributed by atoms with Crippen LogP contribution in [-0.4, -0.2) is 95.8 Å². The van der Waals surface area contributed by atoms with Crippen LogP contribution in [0.3, 0.4) is 0 Å². The summed E-state index contributed by atoms with van der Waals surface area (Å²) in [6.45, 7) is 5.95. The SMILES string of the molecule is CC(C)(C)OC(=O)N[C@H]1CCCCCC=C[C@@H]2C[C@@]2(C(=O)NS(=O)(=O)C2CC2)NC(=O)[C@@H]2C[C@@H](OC(=O)N3Cc4ccccc4C4(CCC4)C3)CN2C1=O. The zero-order chi connectivity index (χ0) is 38.5. The molecule has 3 heterocycles. The molecular formula is C39H53N5O9S. The average molecular weight is 768 g/mol. The molecule has 294 valence electrons. The predicted molar refractivity (Wildman–Crippen MR) is 197 cm³/mol. The first-order valence-corrected chi connectivity index (χ1v) is 21.0. The first kappa shape index (κ1) is 38.1. The Kier molecular flexibility index (Phi) is 10.2. The van der Waals surface area contributed by atoms with Crippen LogP contribution in [0.5, 0.6) is 0 Å². The molecule has 0 bridgehead atoms. The second-order valence-electron chi connectivity index (χ2n) is 17.1. The van der Waals surface area contributed by atoms with E-state index in [9.17, 15) is 32.4 Å². The van der Waals surface area contributed by atoms with Crippen molar-refractivity contribution in [3.8, 4) is 0 Å². The van der Waals surface area contributed by atoms with Gasteiger partial charge in [-0.15, -0.1) is 0 Å². The van der Waals surface area contributed by atoms with Crippen LogP contribution in [0, 0.1) is 5.92 Å². The molecule has 1 aromatic rings. The van der Waals surface area contributed by atoms with Crippen LogP contribution in [0.4, 0.5) is 9.59 Å². The summed E-state index contributed by atoms with van der Waals surface area (Å²) in [5.74, 6) is -2.44. The van der Waals surface area contributed by atoms with Crippen molar-refractivity contribution in [1.29, 1.82) is 0 Å². The second kappa shape index (κ2) is 14.5. The highest BCUT2D eigenvalue weighted by Gasteiger charge is 2.62. The first-order valence-electron chi connectivity index (χ1n) is 19.5. The van der Waals surface area contributed by atoms with Gasteiger partial charge in [0.15, 0.2) is 0 Å². The Labute approximate surface area is 317 Å². The number of nitrogens with zero attached hydrogens (tertiary/aromatic N) is 2. The van der Waals surface area contributed by atoms with Crippen molar-refractivity contribution in [1.82, 2.24) is 25.2 Å². The first-order chi connectivity index (χ1) is 25.6. The lowest BCUT2D eigenvalue weighted by molar-refractivity contribution is -0.141. The molecule has 1 aromatic carbocycles. The summed E-state index contributed by atoms with van der Waals surface area (Å²) in [4.78, 5) is 72.3. The number of rotatable bonds is 5. The van der Waals surface area contributed by atoms with Crippen molar-refractivity contribution in [2.24, 2.45) is 5.92 Å². The van der Waals surface area contributed by atoms with Gasteiger partial charge < -0.3 is 29.9 Å². The number of alkyl carbamates (subject to hydrolysis) is 1. The fourth-order valence-corrected chi connectivity index (χ4v) is 9.93. The Bertz CT molecular complexity index is 1820. The third-order valence-corrected chi connectivity index (χ3v) is 13.6. The van der Waals surface area contributed by atoms with Gasteiger partial charge >= 0.3 is 12.2 Å². The highest BCUT2D eigenvalue weighted by Crippen LogP contribution is 2.49. The van der Waals surface area contributed by atoms with Crippen molar-refractivity contribution >= 4 is 39.9 Å².